The third kappa shape index (κ3) is 4.14. The van der Waals surface area contributed by atoms with Crippen LogP contribution in [0.15, 0.2) is 53.5 Å². The molecule has 3 heterocycles. The van der Waals surface area contributed by atoms with Gasteiger partial charge in [-0.2, -0.15) is 0 Å². The second-order valence-electron chi connectivity index (χ2n) is 8.98. The Hall–Kier alpha value is -3.16. The number of rotatable bonds is 6. The van der Waals surface area contributed by atoms with Crippen molar-refractivity contribution in [3.8, 4) is 16.9 Å². The highest BCUT2D eigenvalue weighted by atomic mass is 16.5. The summed E-state index contributed by atoms with van der Waals surface area (Å²) in [5, 5.41) is 0.986. The van der Waals surface area contributed by atoms with E-state index in [1.807, 2.05) is 43.9 Å². The standard InChI is InChI=1S/C26H30N4O3/c1-28(2)12-14-33-21-9-6-18(7-10-21)19-8-11-23-22(15-19)25-24(16-27-23)29(3)26(31)30(25)20-5-4-13-32-17-20/h6-11,15-16,20H,4-5,12-14,17H2,1-3H3. The average molecular weight is 447 g/mol. The molecule has 0 spiro atoms. The lowest BCUT2D eigenvalue weighted by Gasteiger charge is -2.23. The molecule has 1 atom stereocenters. The molecule has 4 aromatic rings. The molecule has 0 amide bonds. The molecule has 1 aliphatic heterocycles. The van der Waals surface area contributed by atoms with Crippen LogP contribution in [0.3, 0.4) is 0 Å². The predicted molar refractivity (Wildman–Crippen MR) is 131 cm³/mol. The van der Waals surface area contributed by atoms with Crippen molar-refractivity contribution in [2.75, 3.05) is 40.5 Å². The van der Waals surface area contributed by atoms with Crippen molar-refractivity contribution >= 4 is 21.9 Å². The molecule has 0 bridgehead atoms. The Morgan fingerprint density at radius 1 is 1.15 bits per heavy atom. The molecule has 5 rings (SSSR count). The van der Waals surface area contributed by atoms with Gasteiger partial charge in [-0.1, -0.05) is 18.2 Å². The summed E-state index contributed by atoms with van der Waals surface area (Å²) >= 11 is 0. The lowest BCUT2D eigenvalue weighted by Crippen LogP contribution is -2.31. The van der Waals surface area contributed by atoms with E-state index in [-0.39, 0.29) is 11.7 Å². The molecule has 7 heteroatoms. The van der Waals surface area contributed by atoms with E-state index in [4.69, 9.17) is 9.47 Å². The smallest absolute Gasteiger partial charge is 0.329 e. The van der Waals surface area contributed by atoms with Gasteiger partial charge in [0.15, 0.2) is 0 Å². The van der Waals surface area contributed by atoms with Crippen LogP contribution in [0, 0.1) is 0 Å². The maximum Gasteiger partial charge on any atom is 0.329 e. The molecule has 172 valence electrons. The molecule has 2 aromatic heterocycles. The molecule has 0 aliphatic carbocycles. The fourth-order valence-electron chi connectivity index (χ4n) is 4.56. The van der Waals surface area contributed by atoms with Gasteiger partial charge in [0.25, 0.3) is 0 Å². The van der Waals surface area contributed by atoms with Crippen LogP contribution in [0.1, 0.15) is 18.9 Å². The first-order valence-corrected chi connectivity index (χ1v) is 11.5. The van der Waals surface area contributed by atoms with Crippen LogP contribution in [-0.2, 0) is 11.8 Å². The van der Waals surface area contributed by atoms with Crippen molar-refractivity contribution in [1.82, 2.24) is 19.0 Å². The zero-order valence-corrected chi connectivity index (χ0v) is 19.5. The van der Waals surface area contributed by atoms with Crippen molar-refractivity contribution in [3.05, 3.63) is 59.1 Å². The third-order valence-corrected chi connectivity index (χ3v) is 6.41. The Bertz CT molecular complexity index is 1330. The first-order valence-electron chi connectivity index (χ1n) is 11.5. The highest BCUT2D eigenvalue weighted by Crippen LogP contribution is 2.31. The molecule has 0 N–H and O–H groups in total. The number of hydrogen-bond acceptors (Lipinski definition) is 5. The van der Waals surface area contributed by atoms with Gasteiger partial charge in [0, 0.05) is 25.6 Å². The lowest BCUT2D eigenvalue weighted by molar-refractivity contribution is 0.0593. The first kappa shape index (κ1) is 21.7. The number of pyridine rings is 1. The summed E-state index contributed by atoms with van der Waals surface area (Å²) < 4.78 is 15.2. The predicted octanol–water partition coefficient (Wildman–Crippen LogP) is 3.85. The second-order valence-corrected chi connectivity index (χ2v) is 8.98. The largest absolute Gasteiger partial charge is 0.492 e. The summed E-state index contributed by atoms with van der Waals surface area (Å²) in [6, 6.07) is 14.5. The van der Waals surface area contributed by atoms with E-state index in [1.54, 1.807) is 10.8 Å². The summed E-state index contributed by atoms with van der Waals surface area (Å²) in [6.07, 6.45) is 3.71. The van der Waals surface area contributed by atoms with Crippen molar-refractivity contribution in [1.29, 1.82) is 0 Å². The molecule has 1 fully saturated rings. The zero-order valence-electron chi connectivity index (χ0n) is 19.5. The summed E-state index contributed by atoms with van der Waals surface area (Å²) in [5.74, 6) is 0.861. The van der Waals surface area contributed by atoms with Crippen molar-refractivity contribution < 1.29 is 9.47 Å². The molecular formula is C26H30N4O3. The Labute approximate surface area is 193 Å². The summed E-state index contributed by atoms with van der Waals surface area (Å²) in [6.45, 7) is 2.86. The maximum atomic E-state index is 13.2. The Kier molecular flexibility index (Phi) is 5.91. The second kappa shape index (κ2) is 9.00. The number of nitrogens with zero attached hydrogens (tertiary/aromatic N) is 4. The summed E-state index contributed by atoms with van der Waals surface area (Å²) in [5.41, 5.74) is 4.83. The molecule has 1 unspecified atom stereocenters. The van der Waals surface area contributed by atoms with Crippen LogP contribution >= 0.6 is 0 Å². The number of ether oxygens (including phenoxy) is 2. The van der Waals surface area contributed by atoms with Crippen LogP contribution < -0.4 is 10.4 Å². The molecule has 33 heavy (non-hydrogen) atoms. The number of aryl methyl sites for hydroxylation is 1. The van der Waals surface area contributed by atoms with E-state index in [2.05, 4.69) is 34.1 Å². The van der Waals surface area contributed by atoms with Gasteiger partial charge < -0.3 is 14.4 Å². The van der Waals surface area contributed by atoms with Crippen LogP contribution in [0.4, 0.5) is 0 Å². The number of benzene rings is 2. The van der Waals surface area contributed by atoms with Gasteiger partial charge in [-0.05, 0) is 62.3 Å². The number of aromatic nitrogens is 3. The zero-order chi connectivity index (χ0) is 22.9. The minimum Gasteiger partial charge on any atom is -0.492 e. The molecule has 7 nitrogen and oxygen atoms in total. The van der Waals surface area contributed by atoms with Crippen LogP contribution in [0.2, 0.25) is 0 Å². The quantitative estimate of drug-likeness (QED) is 0.450. The average Bonchev–Trinajstić information content (AvgIpc) is 3.10. The fourth-order valence-corrected chi connectivity index (χ4v) is 4.56. The van der Waals surface area contributed by atoms with Crippen molar-refractivity contribution in [2.45, 2.75) is 18.9 Å². The minimum atomic E-state index is -0.0144. The van der Waals surface area contributed by atoms with Crippen LogP contribution in [-0.4, -0.2) is 59.5 Å². The van der Waals surface area contributed by atoms with E-state index in [9.17, 15) is 4.79 Å². The van der Waals surface area contributed by atoms with E-state index in [0.29, 0.717) is 13.2 Å². The van der Waals surface area contributed by atoms with Gasteiger partial charge in [-0.3, -0.25) is 14.1 Å². The number of hydrogen-bond donors (Lipinski definition) is 0. The van der Waals surface area contributed by atoms with Gasteiger partial charge in [-0.25, -0.2) is 4.79 Å². The van der Waals surface area contributed by atoms with E-state index >= 15 is 0 Å². The first-order chi connectivity index (χ1) is 16.0. The van der Waals surface area contributed by atoms with Gasteiger partial charge in [0.1, 0.15) is 12.4 Å². The van der Waals surface area contributed by atoms with Crippen LogP contribution in [0.5, 0.6) is 5.75 Å². The van der Waals surface area contributed by atoms with E-state index in [0.717, 1.165) is 64.8 Å². The van der Waals surface area contributed by atoms with E-state index in [1.165, 1.54) is 0 Å². The Balaban J connectivity index is 1.56. The van der Waals surface area contributed by atoms with Gasteiger partial charge >= 0.3 is 5.69 Å². The summed E-state index contributed by atoms with van der Waals surface area (Å²) in [7, 11) is 5.88. The normalized spacial score (nSPS) is 16.7. The monoisotopic (exact) mass is 446 g/mol. The number of fused-ring (bicyclic) bond motifs is 3. The van der Waals surface area contributed by atoms with E-state index < -0.39 is 0 Å². The van der Waals surface area contributed by atoms with Crippen molar-refractivity contribution in [3.63, 3.8) is 0 Å². The van der Waals surface area contributed by atoms with Crippen LogP contribution in [0.25, 0.3) is 33.1 Å². The van der Waals surface area contributed by atoms with Gasteiger partial charge in [0.2, 0.25) is 0 Å². The minimum absolute atomic E-state index is 0.0144. The van der Waals surface area contributed by atoms with Gasteiger partial charge in [-0.15, -0.1) is 0 Å². The summed E-state index contributed by atoms with van der Waals surface area (Å²) in [4.78, 5) is 19.9. The fraction of sp³-hybridized carbons (Fsp3) is 0.385. The van der Waals surface area contributed by atoms with Crippen molar-refractivity contribution in [2.24, 2.45) is 7.05 Å². The third-order valence-electron chi connectivity index (χ3n) is 6.41. The Morgan fingerprint density at radius 2 is 1.94 bits per heavy atom. The lowest BCUT2D eigenvalue weighted by atomic mass is 10.0. The topological polar surface area (TPSA) is 61.5 Å². The number of likely N-dealkylation sites (N-methyl/N-ethyl adjacent to an activating group) is 1. The molecule has 1 aliphatic rings. The SMILES string of the molecule is CN(C)CCOc1ccc(-c2ccc3ncc4c(c3c2)n(C2CCCOC2)c(=O)n4C)cc1. The highest BCUT2D eigenvalue weighted by molar-refractivity contribution is 6.04. The Morgan fingerprint density at radius 3 is 2.67 bits per heavy atom. The molecular weight excluding hydrogens is 416 g/mol. The number of imidazole rings is 1. The molecule has 0 saturated carbocycles. The highest BCUT2D eigenvalue weighted by Gasteiger charge is 2.23. The van der Waals surface area contributed by atoms with Gasteiger partial charge in [0.05, 0.1) is 35.4 Å². The maximum absolute atomic E-state index is 13.2. The molecule has 1 saturated heterocycles. The molecule has 2 aromatic carbocycles. The molecule has 0 radical (unpaired) electrons.